The summed E-state index contributed by atoms with van der Waals surface area (Å²) in [4.78, 5) is 0. The summed E-state index contributed by atoms with van der Waals surface area (Å²) in [6.45, 7) is 0. The minimum Gasteiger partial charge on any atom is -0.455 e. The zero-order valence-corrected chi connectivity index (χ0v) is 26.8. The van der Waals surface area contributed by atoms with Crippen molar-refractivity contribution in [1.82, 2.24) is 0 Å². The maximum Gasteiger partial charge on any atom is 0.143 e. The van der Waals surface area contributed by atoms with Crippen LogP contribution >= 0.6 is 0 Å². The monoisotopic (exact) mass is 622 g/mol. The zero-order valence-electron chi connectivity index (χ0n) is 26.8. The van der Waals surface area contributed by atoms with E-state index in [2.05, 4.69) is 170 Å². The summed E-state index contributed by atoms with van der Waals surface area (Å²) in [5.74, 6) is 0. The van der Waals surface area contributed by atoms with Crippen molar-refractivity contribution in [3.05, 3.63) is 203 Å². The maximum absolute atomic E-state index is 7.02. The lowest BCUT2D eigenvalue weighted by Crippen LogP contribution is -2.25. The second kappa shape index (κ2) is 9.92. The van der Waals surface area contributed by atoms with E-state index in [1.807, 2.05) is 0 Å². The van der Waals surface area contributed by atoms with Gasteiger partial charge in [0.2, 0.25) is 0 Å². The fourth-order valence-corrected chi connectivity index (χ4v) is 9.25. The average Bonchev–Trinajstić information content (AvgIpc) is 3.81. The Labute approximate surface area is 284 Å². The van der Waals surface area contributed by atoms with E-state index in [4.69, 9.17) is 4.42 Å². The zero-order chi connectivity index (χ0) is 32.1. The van der Waals surface area contributed by atoms with Crippen LogP contribution in [0, 0.1) is 0 Å². The first-order chi connectivity index (χ1) is 24.3. The van der Waals surface area contributed by atoms with E-state index in [1.54, 1.807) is 0 Å². The van der Waals surface area contributed by atoms with Gasteiger partial charge in [0.15, 0.2) is 0 Å². The molecule has 0 saturated heterocycles. The van der Waals surface area contributed by atoms with Crippen LogP contribution in [0.25, 0.3) is 66.1 Å². The molecule has 0 aliphatic heterocycles. The van der Waals surface area contributed by atoms with Gasteiger partial charge < -0.3 is 4.42 Å². The molecule has 1 nitrogen and oxygen atoms in total. The van der Waals surface area contributed by atoms with E-state index in [1.165, 1.54) is 82.7 Å². The molecule has 0 N–H and O–H groups in total. The van der Waals surface area contributed by atoms with Gasteiger partial charge in [0.25, 0.3) is 0 Å². The molecule has 1 spiro atoms. The predicted octanol–water partition coefficient (Wildman–Crippen LogP) is 12.3. The highest BCUT2D eigenvalue weighted by Gasteiger charge is 2.51. The Bertz CT molecular complexity index is 2750. The molecule has 1 heteroatoms. The first-order valence-electron chi connectivity index (χ1n) is 17.2. The molecule has 1 aromatic heterocycles. The summed E-state index contributed by atoms with van der Waals surface area (Å²) in [7, 11) is 0. The molecule has 9 aromatic rings. The summed E-state index contributed by atoms with van der Waals surface area (Å²) in [5.41, 5.74) is 17.2. The number of rotatable bonds is 3. The Morgan fingerprint density at radius 2 is 0.980 bits per heavy atom. The van der Waals surface area contributed by atoms with Crippen molar-refractivity contribution < 1.29 is 4.42 Å². The third kappa shape index (κ3) is 3.49. The molecule has 0 unspecified atom stereocenters. The molecule has 0 saturated carbocycles. The molecular weight excluding hydrogens is 593 g/mol. The van der Waals surface area contributed by atoms with E-state index >= 15 is 0 Å². The molecule has 0 radical (unpaired) electrons. The van der Waals surface area contributed by atoms with Gasteiger partial charge in [0.1, 0.15) is 11.2 Å². The molecule has 11 rings (SSSR count). The Hall–Kier alpha value is -6.18. The topological polar surface area (TPSA) is 13.1 Å². The van der Waals surface area contributed by atoms with Crippen molar-refractivity contribution in [2.24, 2.45) is 0 Å². The molecule has 2 aliphatic carbocycles. The predicted molar refractivity (Wildman–Crippen MR) is 202 cm³/mol. The molecule has 0 atom stereocenters. The van der Waals surface area contributed by atoms with Crippen molar-refractivity contribution in [3.63, 3.8) is 0 Å². The fourth-order valence-electron chi connectivity index (χ4n) is 9.25. The minimum absolute atomic E-state index is 0.343. The highest BCUT2D eigenvalue weighted by atomic mass is 16.3. The highest BCUT2D eigenvalue weighted by molar-refractivity contribution is 6.22. The molecule has 0 fully saturated rings. The smallest absolute Gasteiger partial charge is 0.143 e. The molecule has 1 heterocycles. The van der Waals surface area contributed by atoms with Gasteiger partial charge in [0.05, 0.1) is 5.41 Å². The number of furan rings is 1. The van der Waals surface area contributed by atoms with Gasteiger partial charge >= 0.3 is 0 Å². The molecule has 49 heavy (non-hydrogen) atoms. The van der Waals surface area contributed by atoms with Crippen molar-refractivity contribution in [2.45, 2.75) is 11.8 Å². The van der Waals surface area contributed by atoms with Crippen LogP contribution in [-0.2, 0) is 11.8 Å². The molecule has 0 bridgehead atoms. The Morgan fingerprint density at radius 3 is 1.76 bits per heavy atom. The summed E-state index contributed by atoms with van der Waals surface area (Å²) >= 11 is 0. The van der Waals surface area contributed by atoms with Gasteiger partial charge in [-0.05, 0) is 78.0 Å². The van der Waals surface area contributed by atoms with Crippen LogP contribution in [0.3, 0.4) is 0 Å². The van der Waals surface area contributed by atoms with E-state index in [0.29, 0.717) is 0 Å². The highest BCUT2D eigenvalue weighted by Crippen LogP contribution is 2.63. The van der Waals surface area contributed by atoms with Gasteiger partial charge in [-0.2, -0.15) is 0 Å². The van der Waals surface area contributed by atoms with Crippen LogP contribution in [-0.4, -0.2) is 0 Å². The summed E-state index contributed by atoms with van der Waals surface area (Å²) in [6, 6.07) is 62.4. The van der Waals surface area contributed by atoms with Crippen LogP contribution in [0.5, 0.6) is 0 Å². The first-order valence-corrected chi connectivity index (χ1v) is 17.2. The van der Waals surface area contributed by atoms with Crippen LogP contribution in [0.15, 0.2) is 174 Å². The average molecular weight is 623 g/mol. The van der Waals surface area contributed by atoms with Gasteiger partial charge in [-0.25, -0.2) is 0 Å². The van der Waals surface area contributed by atoms with Crippen LogP contribution in [0.2, 0.25) is 0 Å². The van der Waals surface area contributed by atoms with Crippen LogP contribution in [0.1, 0.15) is 33.4 Å². The van der Waals surface area contributed by atoms with E-state index in [-0.39, 0.29) is 5.41 Å². The van der Waals surface area contributed by atoms with E-state index in [9.17, 15) is 0 Å². The summed E-state index contributed by atoms with van der Waals surface area (Å²) < 4.78 is 7.02. The second-order valence-electron chi connectivity index (χ2n) is 13.5. The molecule has 0 amide bonds. The van der Waals surface area contributed by atoms with Gasteiger partial charge in [-0.15, -0.1) is 0 Å². The largest absolute Gasteiger partial charge is 0.455 e. The van der Waals surface area contributed by atoms with Crippen molar-refractivity contribution >= 4 is 32.7 Å². The number of fused-ring (bicyclic) bond motifs is 15. The Morgan fingerprint density at radius 1 is 0.408 bits per heavy atom. The molecule has 2 aliphatic rings. The SMILES string of the molecule is c1ccc(-c2cc3ccccc3c3c2oc2c(Cc4cccc5c4-c4ccccc4C54c5ccccc5-c5ccccc54)cccc23)cc1. The Kier molecular flexibility index (Phi) is 5.43. The van der Waals surface area contributed by atoms with Crippen molar-refractivity contribution in [2.75, 3.05) is 0 Å². The Balaban J connectivity index is 1.16. The van der Waals surface area contributed by atoms with Crippen molar-refractivity contribution in [1.29, 1.82) is 0 Å². The van der Waals surface area contributed by atoms with Gasteiger partial charge in [-0.1, -0.05) is 164 Å². The lowest BCUT2D eigenvalue weighted by molar-refractivity contribution is 0.665. The summed E-state index contributed by atoms with van der Waals surface area (Å²) in [6.07, 6.45) is 0.770. The maximum atomic E-state index is 7.02. The first kappa shape index (κ1) is 26.8. The second-order valence-corrected chi connectivity index (χ2v) is 13.5. The quantitative estimate of drug-likeness (QED) is 0.191. The van der Waals surface area contributed by atoms with Crippen molar-refractivity contribution in [3.8, 4) is 33.4 Å². The molecular formula is C48H30O. The lowest BCUT2D eigenvalue weighted by atomic mass is 9.70. The molecule has 8 aromatic carbocycles. The van der Waals surface area contributed by atoms with Crippen LogP contribution in [0.4, 0.5) is 0 Å². The minimum atomic E-state index is -0.343. The van der Waals surface area contributed by atoms with Gasteiger partial charge in [0, 0.05) is 22.8 Å². The van der Waals surface area contributed by atoms with Gasteiger partial charge in [-0.3, -0.25) is 0 Å². The standard InChI is InChI=1S/C48H30O/c1-2-14-30(15-3-1)39-29-31-16-4-5-19-34(31)45-38-23-12-18-33(46(38)49-47(39)45)28-32-17-13-27-43-44(32)37-22-8-11-26-42(37)48(43)40-24-9-6-20-35(40)36-21-7-10-25-41(36)48/h1-27,29H,28H2. The molecule has 228 valence electrons. The lowest BCUT2D eigenvalue weighted by Gasteiger charge is -2.30. The number of benzene rings is 8. The van der Waals surface area contributed by atoms with E-state index in [0.717, 1.165) is 23.2 Å². The fraction of sp³-hybridized carbons (Fsp3) is 0.0417. The number of para-hydroxylation sites is 1. The third-order valence-electron chi connectivity index (χ3n) is 11.1. The normalized spacial score (nSPS) is 13.6. The van der Waals surface area contributed by atoms with Crippen LogP contribution < -0.4 is 0 Å². The van der Waals surface area contributed by atoms with E-state index < -0.39 is 0 Å². The number of hydrogen-bond donors (Lipinski definition) is 0. The summed E-state index contributed by atoms with van der Waals surface area (Å²) in [5, 5.41) is 4.81. The number of hydrogen-bond acceptors (Lipinski definition) is 1. The third-order valence-corrected chi connectivity index (χ3v) is 11.1.